The number of unbranched alkanes of at least 4 members (excludes halogenated alkanes) is 11. The lowest BCUT2D eigenvalue weighted by Crippen LogP contribution is -2.51. The summed E-state index contributed by atoms with van der Waals surface area (Å²) < 4.78 is 5.61. The third kappa shape index (κ3) is 14.4. The summed E-state index contributed by atoms with van der Waals surface area (Å²) >= 11 is 0. The van der Waals surface area contributed by atoms with E-state index >= 15 is 0 Å². The lowest BCUT2D eigenvalue weighted by Gasteiger charge is -2.37. The Morgan fingerprint density at radius 2 is 1.32 bits per heavy atom. The third-order valence-corrected chi connectivity index (χ3v) is 5.30. The molecular formula is C24H49NO3. The fourth-order valence-electron chi connectivity index (χ4n) is 4.01. The van der Waals surface area contributed by atoms with Crippen molar-refractivity contribution in [2.45, 2.75) is 129 Å². The Morgan fingerprint density at radius 1 is 0.893 bits per heavy atom. The van der Waals surface area contributed by atoms with Gasteiger partial charge < -0.3 is 9.84 Å². The molecule has 0 saturated heterocycles. The van der Waals surface area contributed by atoms with Crippen molar-refractivity contribution in [3.63, 3.8) is 0 Å². The number of hydrogen-bond acceptors (Lipinski definition) is 4. The van der Waals surface area contributed by atoms with Crippen LogP contribution in [0.15, 0.2) is 0 Å². The van der Waals surface area contributed by atoms with E-state index in [2.05, 4.69) is 20.8 Å². The Kier molecular flexibility index (Phi) is 15.9. The first kappa shape index (κ1) is 27.4. The van der Waals surface area contributed by atoms with Crippen molar-refractivity contribution in [1.29, 1.82) is 0 Å². The largest absolute Gasteiger partial charge is 0.443 e. The smallest absolute Gasteiger partial charge is 0.307 e. The molecule has 0 aromatic rings. The van der Waals surface area contributed by atoms with Crippen molar-refractivity contribution in [3.05, 3.63) is 0 Å². The van der Waals surface area contributed by atoms with E-state index in [1.54, 1.807) is 11.8 Å². The standard InChI is InChI=1S/C24H49NO3/c1-7-8-9-10-11-12-13-14-15-16-17-18-19-22(26)28-23(25(5)6)24(4,27)20-21(2)3/h21,23,27H,7-20H2,1-6H3. The first-order valence-electron chi connectivity index (χ1n) is 11.8. The van der Waals surface area contributed by atoms with Crippen LogP contribution in [0.4, 0.5) is 0 Å². The maximum Gasteiger partial charge on any atom is 0.307 e. The molecule has 0 spiro atoms. The van der Waals surface area contributed by atoms with Crippen molar-refractivity contribution < 1.29 is 14.6 Å². The van der Waals surface area contributed by atoms with Crippen molar-refractivity contribution in [3.8, 4) is 0 Å². The molecule has 0 aliphatic rings. The van der Waals surface area contributed by atoms with Crippen LogP contribution in [0.2, 0.25) is 0 Å². The summed E-state index contributed by atoms with van der Waals surface area (Å²) in [5.41, 5.74) is -1.04. The molecule has 2 atom stereocenters. The quantitative estimate of drug-likeness (QED) is 0.167. The molecule has 4 nitrogen and oxygen atoms in total. The van der Waals surface area contributed by atoms with Gasteiger partial charge in [-0.25, -0.2) is 0 Å². The normalized spacial score (nSPS) is 15.0. The van der Waals surface area contributed by atoms with Gasteiger partial charge in [-0.15, -0.1) is 0 Å². The van der Waals surface area contributed by atoms with Gasteiger partial charge in [-0.1, -0.05) is 91.4 Å². The van der Waals surface area contributed by atoms with Crippen molar-refractivity contribution in [1.82, 2.24) is 4.90 Å². The van der Waals surface area contributed by atoms with Gasteiger partial charge in [0.2, 0.25) is 0 Å². The highest BCUT2D eigenvalue weighted by molar-refractivity contribution is 5.69. The summed E-state index contributed by atoms with van der Waals surface area (Å²) in [6.45, 7) is 8.15. The molecule has 28 heavy (non-hydrogen) atoms. The monoisotopic (exact) mass is 399 g/mol. The molecule has 4 heteroatoms. The number of rotatable bonds is 18. The molecule has 0 radical (unpaired) electrons. The van der Waals surface area contributed by atoms with Crippen LogP contribution in [-0.4, -0.2) is 41.9 Å². The zero-order valence-electron chi connectivity index (χ0n) is 19.8. The van der Waals surface area contributed by atoms with Crippen LogP contribution in [0.3, 0.4) is 0 Å². The van der Waals surface area contributed by atoms with Gasteiger partial charge in [-0.05, 0) is 39.8 Å². The second-order valence-electron chi connectivity index (χ2n) is 9.40. The van der Waals surface area contributed by atoms with E-state index in [0.29, 0.717) is 18.8 Å². The Hall–Kier alpha value is -0.610. The van der Waals surface area contributed by atoms with E-state index in [4.69, 9.17) is 4.74 Å². The minimum Gasteiger partial charge on any atom is -0.443 e. The summed E-state index contributed by atoms with van der Waals surface area (Å²) in [6, 6.07) is 0. The molecule has 0 heterocycles. The van der Waals surface area contributed by atoms with E-state index in [9.17, 15) is 9.90 Å². The summed E-state index contributed by atoms with van der Waals surface area (Å²) in [5.74, 6) is 0.141. The van der Waals surface area contributed by atoms with Crippen molar-refractivity contribution in [2.24, 2.45) is 5.92 Å². The van der Waals surface area contributed by atoms with Gasteiger partial charge >= 0.3 is 5.97 Å². The third-order valence-electron chi connectivity index (χ3n) is 5.30. The van der Waals surface area contributed by atoms with Gasteiger partial charge in [-0.2, -0.15) is 0 Å². The van der Waals surface area contributed by atoms with Crippen LogP contribution < -0.4 is 0 Å². The first-order chi connectivity index (χ1) is 13.2. The Labute approximate surface area is 175 Å². The Morgan fingerprint density at radius 3 is 1.71 bits per heavy atom. The van der Waals surface area contributed by atoms with Crippen LogP contribution in [0.1, 0.15) is 118 Å². The number of ether oxygens (including phenoxy) is 1. The summed E-state index contributed by atoms with van der Waals surface area (Å²) in [5, 5.41) is 10.7. The SMILES string of the molecule is CCCCCCCCCCCCCCC(=O)OC(N(C)C)C(C)(O)CC(C)C. The second kappa shape index (κ2) is 16.2. The van der Waals surface area contributed by atoms with Crippen molar-refractivity contribution >= 4 is 5.97 Å². The molecule has 0 fully saturated rings. The van der Waals surface area contributed by atoms with Gasteiger partial charge in [0.1, 0.15) is 5.60 Å². The lowest BCUT2D eigenvalue weighted by atomic mass is 9.92. The Bertz CT molecular complexity index is 380. The molecule has 2 unspecified atom stereocenters. The minimum absolute atomic E-state index is 0.199. The minimum atomic E-state index is -1.04. The molecule has 0 aromatic heterocycles. The van der Waals surface area contributed by atoms with Gasteiger partial charge in [0.25, 0.3) is 0 Å². The second-order valence-corrected chi connectivity index (χ2v) is 9.40. The van der Waals surface area contributed by atoms with Gasteiger partial charge in [0, 0.05) is 6.42 Å². The fourth-order valence-corrected chi connectivity index (χ4v) is 4.01. The van der Waals surface area contributed by atoms with E-state index in [1.807, 2.05) is 14.1 Å². The molecule has 0 saturated carbocycles. The molecule has 0 aromatic carbocycles. The summed E-state index contributed by atoms with van der Waals surface area (Å²) in [7, 11) is 3.69. The average molecular weight is 400 g/mol. The highest BCUT2D eigenvalue weighted by Gasteiger charge is 2.37. The number of esters is 1. The molecule has 0 bridgehead atoms. The molecule has 0 amide bonds. The maximum absolute atomic E-state index is 12.2. The zero-order valence-corrected chi connectivity index (χ0v) is 19.8. The van der Waals surface area contributed by atoms with E-state index in [0.717, 1.165) is 12.8 Å². The van der Waals surface area contributed by atoms with E-state index < -0.39 is 11.8 Å². The maximum atomic E-state index is 12.2. The highest BCUT2D eigenvalue weighted by atomic mass is 16.6. The summed E-state index contributed by atoms with van der Waals surface area (Å²) in [6.07, 6.45) is 15.8. The Balaban J connectivity index is 3.82. The molecule has 1 N–H and O–H groups in total. The number of likely N-dealkylation sites (N-methyl/N-ethyl adjacent to an activating group) is 1. The fraction of sp³-hybridized carbons (Fsp3) is 0.958. The predicted molar refractivity (Wildman–Crippen MR) is 119 cm³/mol. The van der Waals surface area contributed by atoms with Gasteiger partial charge in [0.05, 0.1) is 0 Å². The van der Waals surface area contributed by atoms with Crippen molar-refractivity contribution in [2.75, 3.05) is 14.1 Å². The number of hydrogen-bond donors (Lipinski definition) is 1. The number of carbonyl (C=O) groups is 1. The highest BCUT2D eigenvalue weighted by Crippen LogP contribution is 2.24. The molecular weight excluding hydrogens is 350 g/mol. The number of nitrogens with zero attached hydrogens (tertiary/aromatic N) is 1. The van der Waals surface area contributed by atoms with Crippen LogP contribution in [0.5, 0.6) is 0 Å². The average Bonchev–Trinajstić information content (AvgIpc) is 2.59. The lowest BCUT2D eigenvalue weighted by molar-refractivity contribution is -0.187. The number of aliphatic hydroxyl groups is 1. The van der Waals surface area contributed by atoms with Crippen LogP contribution in [-0.2, 0) is 9.53 Å². The topological polar surface area (TPSA) is 49.8 Å². The van der Waals surface area contributed by atoms with Crippen LogP contribution in [0.25, 0.3) is 0 Å². The molecule has 0 rings (SSSR count). The zero-order chi connectivity index (χ0) is 21.4. The van der Waals surface area contributed by atoms with Crippen LogP contribution in [0, 0.1) is 5.92 Å². The predicted octanol–water partition coefficient (Wildman–Crippen LogP) is 6.31. The van der Waals surface area contributed by atoms with Gasteiger partial charge in [-0.3, -0.25) is 9.69 Å². The molecule has 0 aliphatic carbocycles. The van der Waals surface area contributed by atoms with Crippen LogP contribution >= 0.6 is 0 Å². The summed E-state index contributed by atoms with van der Waals surface area (Å²) in [4.78, 5) is 14.0. The van der Waals surface area contributed by atoms with Gasteiger partial charge in [0.15, 0.2) is 6.23 Å². The number of carbonyl (C=O) groups excluding carboxylic acids is 1. The molecule has 0 aliphatic heterocycles. The molecule has 168 valence electrons. The van der Waals surface area contributed by atoms with E-state index in [-0.39, 0.29) is 5.97 Å². The first-order valence-corrected chi connectivity index (χ1v) is 11.8. The van der Waals surface area contributed by atoms with E-state index in [1.165, 1.54) is 64.2 Å².